The summed E-state index contributed by atoms with van der Waals surface area (Å²) in [4.78, 5) is 31.3. The maximum atomic E-state index is 13.4. The predicted molar refractivity (Wildman–Crippen MR) is 116 cm³/mol. The number of fused-ring (bicyclic) bond motifs is 3. The normalized spacial score (nSPS) is 19.0. The number of hydrogen-bond donors (Lipinski definition) is 2. The number of nitrogens with one attached hydrogen (secondary N) is 1. The van der Waals surface area contributed by atoms with E-state index in [1.807, 2.05) is 22.8 Å². The number of primary amides is 1. The van der Waals surface area contributed by atoms with Crippen LogP contribution < -0.4 is 20.9 Å². The Kier molecular flexibility index (Phi) is 5.66. The number of benzene rings is 1. The van der Waals surface area contributed by atoms with Gasteiger partial charge in [0.05, 0.1) is 5.69 Å². The number of halogens is 2. The molecule has 0 spiro atoms. The highest BCUT2D eigenvalue weighted by Gasteiger charge is 2.42. The van der Waals surface area contributed by atoms with Crippen LogP contribution in [0.2, 0.25) is 0 Å². The van der Waals surface area contributed by atoms with E-state index in [-0.39, 0.29) is 18.5 Å². The number of alkyl halides is 2. The molecule has 32 heavy (non-hydrogen) atoms. The first-order chi connectivity index (χ1) is 15.2. The second-order valence-electron chi connectivity index (χ2n) is 8.25. The van der Waals surface area contributed by atoms with Crippen LogP contribution in [-0.4, -0.2) is 59.3 Å². The molecule has 1 aromatic heterocycles. The van der Waals surface area contributed by atoms with Gasteiger partial charge in [-0.2, -0.15) is 0 Å². The zero-order valence-corrected chi connectivity index (χ0v) is 18.1. The molecular weight excluding hydrogens is 422 g/mol. The minimum Gasteiger partial charge on any atom is -0.447 e. The van der Waals surface area contributed by atoms with Crippen LogP contribution in [0.4, 0.5) is 30.8 Å². The number of amides is 2. The lowest BCUT2D eigenvalue weighted by atomic mass is 10.1. The summed E-state index contributed by atoms with van der Waals surface area (Å²) in [7, 11) is 0. The summed E-state index contributed by atoms with van der Waals surface area (Å²) in [5.41, 5.74) is 7.77. The van der Waals surface area contributed by atoms with Crippen molar-refractivity contribution >= 4 is 29.2 Å². The average Bonchev–Trinajstić information content (AvgIpc) is 3.27. The third-order valence-corrected chi connectivity index (χ3v) is 5.77. The number of anilines is 3. The minimum atomic E-state index is -2.74. The van der Waals surface area contributed by atoms with E-state index in [2.05, 4.69) is 29.0 Å². The lowest BCUT2D eigenvalue weighted by Crippen LogP contribution is -2.39. The molecule has 11 heteroatoms. The number of ether oxygens (including phenoxy) is 1. The fourth-order valence-corrected chi connectivity index (χ4v) is 4.03. The number of nitrogens with two attached hydrogens (primary N) is 1. The lowest BCUT2D eigenvalue weighted by molar-refractivity contribution is -0.118. The number of aromatic nitrogens is 2. The Morgan fingerprint density at radius 1 is 1.28 bits per heavy atom. The van der Waals surface area contributed by atoms with Gasteiger partial charge in [0.25, 0.3) is 6.43 Å². The molecule has 1 aromatic carbocycles. The van der Waals surface area contributed by atoms with E-state index in [1.165, 1.54) is 0 Å². The zero-order chi connectivity index (χ0) is 23.2. The Balaban J connectivity index is 1.76. The highest BCUT2D eigenvalue weighted by Crippen LogP contribution is 2.38. The molecule has 0 aliphatic carbocycles. The van der Waals surface area contributed by atoms with Crippen LogP contribution >= 0.6 is 0 Å². The van der Waals surface area contributed by atoms with Gasteiger partial charge in [-0.1, -0.05) is 0 Å². The van der Waals surface area contributed by atoms with Crippen molar-refractivity contribution in [3.63, 3.8) is 0 Å². The van der Waals surface area contributed by atoms with Gasteiger partial charge in [0.15, 0.2) is 5.82 Å². The largest absolute Gasteiger partial charge is 0.447 e. The van der Waals surface area contributed by atoms with Crippen molar-refractivity contribution in [2.75, 3.05) is 28.3 Å². The van der Waals surface area contributed by atoms with E-state index in [0.29, 0.717) is 18.9 Å². The Labute approximate surface area is 184 Å². The van der Waals surface area contributed by atoms with Crippen LogP contribution in [0.25, 0.3) is 11.4 Å². The standard InChI is InChI=1S/C21H26F2N6O3/c1-11(2)28-7-6-27-9-17(29-16(18(22)23)10-32-21(29)31)26-20(27)14-5-4-13(8-15(14)28)25-12(3)19(24)30/h4-5,8-9,11-12,16,18,25H,6-7,10H2,1-3H3,(H2,24,30)/t12-,16-/m0/s1. The maximum absolute atomic E-state index is 13.4. The van der Waals surface area contributed by atoms with Crippen molar-refractivity contribution in [1.29, 1.82) is 0 Å². The Morgan fingerprint density at radius 3 is 2.69 bits per heavy atom. The predicted octanol–water partition coefficient (Wildman–Crippen LogP) is 2.65. The van der Waals surface area contributed by atoms with E-state index < -0.39 is 30.5 Å². The van der Waals surface area contributed by atoms with E-state index in [4.69, 9.17) is 10.5 Å². The van der Waals surface area contributed by atoms with Gasteiger partial charge in [-0.05, 0) is 39.0 Å². The van der Waals surface area contributed by atoms with Crippen LogP contribution in [-0.2, 0) is 16.1 Å². The van der Waals surface area contributed by atoms with Crippen LogP contribution in [0, 0.1) is 0 Å². The summed E-state index contributed by atoms with van der Waals surface area (Å²) < 4.78 is 33.6. The molecule has 172 valence electrons. The Morgan fingerprint density at radius 2 is 2.03 bits per heavy atom. The van der Waals surface area contributed by atoms with Crippen molar-refractivity contribution in [3.05, 3.63) is 24.4 Å². The highest BCUT2D eigenvalue weighted by atomic mass is 19.3. The molecule has 2 amide bonds. The first kappa shape index (κ1) is 21.8. The molecule has 9 nitrogen and oxygen atoms in total. The quantitative estimate of drug-likeness (QED) is 0.704. The molecule has 2 aromatic rings. The van der Waals surface area contributed by atoms with Crippen LogP contribution in [0.15, 0.2) is 24.4 Å². The number of nitrogens with zero attached hydrogens (tertiary/aromatic N) is 4. The number of hydrogen-bond acceptors (Lipinski definition) is 6. The van der Waals surface area contributed by atoms with Crippen LogP contribution in [0.3, 0.4) is 0 Å². The van der Waals surface area contributed by atoms with Crippen LogP contribution in [0.1, 0.15) is 20.8 Å². The zero-order valence-electron chi connectivity index (χ0n) is 18.1. The van der Waals surface area contributed by atoms with Gasteiger partial charge in [0.1, 0.15) is 24.5 Å². The van der Waals surface area contributed by atoms with Crippen LogP contribution in [0.5, 0.6) is 0 Å². The highest BCUT2D eigenvalue weighted by molar-refractivity contribution is 5.90. The second kappa shape index (κ2) is 8.29. The third kappa shape index (κ3) is 3.82. The molecule has 3 N–H and O–H groups in total. The Hall–Kier alpha value is -3.37. The van der Waals surface area contributed by atoms with Gasteiger partial charge in [-0.15, -0.1) is 0 Å². The van der Waals surface area contributed by atoms with E-state index in [9.17, 15) is 18.4 Å². The molecule has 2 aliphatic rings. The van der Waals surface area contributed by atoms with Crippen molar-refractivity contribution in [1.82, 2.24) is 9.55 Å². The molecule has 2 aliphatic heterocycles. The van der Waals surface area contributed by atoms with E-state index >= 15 is 0 Å². The van der Waals surface area contributed by atoms with Gasteiger partial charge in [0, 0.05) is 36.6 Å². The first-order valence-electron chi connectivity index (χ1n) is 10.5. The third-order valence-electron chi connectivity index (χ3n) is 5.77. The first-order valence-corrected chi connectivity index (χ1v) is 10.5. The van der Waals surface area contributed by atoms with Crippen molar-refractivity contribution in [2.45, 2.75) is 51.9 Å². The van der Waals surface area contributed by atoms with Gasteiger partial charge in [0.2, 0.25) is 5.91 Å². The van der Waals surface area contributed by atoms with Gasteiger partial charge in [-0.25, -0.2) is 23.5 Å². The minimum absolute atomic E-state index is 0.140. The molecule has 0 saturated carbocycles. The molecule has 4 rings (SSSR count). The molecule has 1 saturated heterocycles. The molecule has 3 heterocycles. The van der Waals surface area contributed by atoms with Gasteiger partial charge in [-0.3, -0.25) is 4.79 Å². The number of carbonyl (C=O) groups is 2. The van der Waals surface area contributed by atoms with Crippen molar-refractivity contribution in [3.8, 4) is 11.4 Å². The number of carbonyl (C=O) groups excluding carboxylic acids is 2. The topological polar surface area (TPSA) is 106 Å². The summed E-state index contributed by atoms with van der Waals surface area (Å²) in [6.45, 7) is 6.65. The molecule has 0 bridgehead atoms. The second-order valence-corrected chi connectivity index (χ2v) is 8.25. The van der Waals surface area contributed by atoms with Gasteiger partial charge < -0.3 is 25.3 Å². The summed E-state index contributed by atoms with van der Waals surface area (Å²) in [6, 6.07) is 3.86. The maximum Gasteiger partial charge on any atom is 0.416 e. The van der Waals surface area contributed by atoms with E-state index in [1.54, 1.807) is 13.1 Å². The number of cyclic esters (lactones) is 1. The fourth-order valence-electron chi connectivity index (χ4n) is 4.03. The van der Waals surface area contributed by atoms with Crippen molar-refractivity contribution in [2.24, 2.45) is 5.73 Å². The fraction of sp³-hybridized carbons (Fsp3) is 0.476. The molecule has 2 atom stereocenters. The average molecular weight is 448 g/mol. The van der Waals surface area contributed by atoms with E-state index in [0.717, 1.165) is 21.8 Å². The van der Waals surface area contributed by atoms with Crippen molar-refractivity contribution < 1.29 is 23.1 Å². The lowest BCUT2D eigenvalue weighted by Gasteiger charge is -2.29. The number of rotatable bonds is 6. The number of imidazole rings is 1. The molecule has 0 radical (unpaired) electrons. The molecule has 1 fully saturated rings. The smallest absolute Gasteiger partial charge is 0.416 e. The Bertz CT molecular complexity index is 1040. The molecule has 0 unspecified atom stereocenters. The summed E-state index contributed by atoms with van der Waals surface area (Å²) in [6.07, 6.45) is -1.95. The summed E-state index contributed by atoms with van der Waals surface area (Å²) in [5.74, 6) is 0.244. The monoisotopic (exact) mass is 448 g/mol. The van der Waals surface area contributed by atoms with Gasteiger partial charge >= 0.3 is 6.09 Å². The molecular formula is C21H26F2N6O3. The summed E-state index contributed by atoms with van der Waals surface area (Å²) >= 11 is 0. The summed E-state index contributed by atoms with van der Waals surface area (Å²) in [5, 5.41) is 3.09. The SMILES string of the molecule is CC(C)N1CCn2cc(N3C(=O)OC[C@H]3C(F)F)nc2-c2ccc(N[C@@H](C)C(N)=O)cc21.